The molecule has 0 fully saturated rings. The largest absolute Gasteiger partial charge is 0.468 e. The highest BCUT2D eigenvalue weighted by atomic mass is 16.5. The van der Waals surface area contributed by atoms with Crippen LogP contribution in [0.25, 0.3) is 0 Å². The lowest BCUT2D eigenvalue weighted by Crippen LogP contribution is -2.46. The van der Waals surface area contributed by atoms with Crippen LogP contribution in [0.1, 0.15) is 26.3 Å². The van der Waals surface area contributed by atoms with Crippen LogP contribution >= 0.6 is 0 Å². The van der Waals surface area contributed by atoms with Gasteiger partial charge in [0.15, 0.2) is 6.61 Å². The van der Waals surface area contributed by atoms with Crippen molar-refractivity contribution in [3.8, 4) is 11.5 Å². The Morgan fingerprint density at radius 1 is 0.825 bits per heavy atom. The molecule has 11 heteroatoms. The molecule has 1 heterocycles. The lowest BCUT2D eigenvalue weighted by Gasteiger charge is -2.16. The Morgan fingerprint density at radius 2 is 1.48 bits per heavy atom. The molecule has 204 valence electrons. The molecule has 1 aromatic heterocycles. The number of nitrogens with zero attached hydrogens (tertiary/aromatic N) is 2. The van der Waals surface area contributed by atoms with E-state index in [1.807, 2.05) is 6.07 Å². The molecule has 4 rings (SSSR count). The van der Waals surface area contributed by atoms with E-state index >= 15 is 0 Å². The minimum absolute atomic E-state index is 0.0821. The number of ether oxygens (including phenoxy) is 3. The highest BCUT2D eigenvalue weighted by Gasteiger charge is 2.25. The van der Waals surface area contributed by atoms with E-state index in [4.69, 9.17) is 15.2 Å². The van der Waals surface area contributed by atoms with Crippen LogP contribution in [-0.2, 0) is 27.4 Å². The van der Waals surface area contributed by atoms with Crippen molar-refractivity contribution in [2.24, 2.45) is 0 Å². The first kappa shape index (κ1) is 27.6. The molecule has 3 aromatic carbocycles. The third-order valence-electron chi connectivity index (χ3n) is 5.83. The minimum Gasteiger partial charge on any atom is -0.468 e. The van der Waals surface area contributed by atoms with Gasteiger partial charge >= 0.3 is 17.6 Å². The summed E-state index contributed by atoms with van der Waals surface area (Å²) >= 11 is 0. The Bertz CT molecular complexity index is 1660. The molecular weight excluding hydrogens is 518 g/mol. The second-order valence-corrected chi connectivity index (χ2v) is 8.52. The van der Waals surface area contributed by atoms with Crippen LogP contribution in [0, 0.1) is 0 Å². The van der Waals surface area contributed by atoms with Crippen LogP contribution in [0.3, 0.4) is 0 Å². The van der Waals surface area contributed by atoms with Gasteiger partial charge in [0.05, 0.1) is 19.2 Å². The zero-order valence-electron chi connectivity index (χ0n) is 21.4. The van der Waals surface area contributed by atoms with Crippen LogP contribution < -0.4 is 21.7 Å². The zero-order valence-corrected chi connectivity index (χ0v) is 21.4. The van der Waals surface area contributed by atoms with E-state index in [1.165, 1.54) is 12.1 Å². The Kier molecular flexibility index (Phi) is 8.55. The summed E-state index contributed by atoms with van der Waals surface area (Å²) in [6.07, 6.45) is 0. The fourth-order valence-electron chi connectivity index (χ4n) is 3.83. The first-order valence-corrected chi connectivity index (χ1v) is 12.1. The lowest BCUT2D eigenvalue weighted by molar-refractivity contribution is -0.141. The van der Waals surface area contributed by atoms with Crippen LogP contribution in [0.15, 0.2) is 94.5 Å². The number of nitrogen functional groups attached to an aromatic ring is 1. The smallest absolute Gasteiger partial charge is 0.338 e. The van der Waals surface area contributed by atoms with Crippen molar-refractivity contribution in [3.05, 3.63) is 122 Å². The second-order valence-electron chi connectivity index (χ2n) is 8.52. The first-order chi connectivity index (χ1) is 19.3. The third-order valence-corrected chi connectivity index (χ3v) is 5.83. The van der Waals surface area contributed by atoms with E-state index in [1.54, 1.807) is 66.7 Å². The zero-order chi connectivity index (χ0) is 28.6. The van der Waals surface area contributed by atoms with Gasteiger partial charge in [-0.3, -0.25) is 19.0 Å². The molecule has 0 amide bonds. The number of para-hydroxylation sites is 1. The summed E-state index contributed by atoms with van der Waals surface area (Å²) in [5, 5.41) is 0. The molecule has 0 atom stereocenters. The number of hydrogen-bond acceptors (Lipinski definition) is 9. The molecule has 2 N–H and O–H groups in total. The summed E-state index contributed by atoms with van der Waals surface area (Å²) < 4.78 is 17.0. The topological polar surface area (TPSA) is 149 Å². The average Bonchev–Trinajstić information content (AvgIpc) is 2.97. The molecule has 0 unspecified atom stereocenters. The fourth-order valence-corrected chi connectivity index (χ4v) is 3.83. The quantitative estimate of drug-likeness (QED) is 0.235. The van der Waals surface area contributed by atoms with E-state index in [0.717, 1.165) is 11.7 Å². The summed E-state index contributed by atoms with van der Waals surface area (Å²) in [7, 11) is 1.10. The van der Waals surface area contributed by atoms with E-state index in [0.29, 0.717) is 21.6 Å². The number of carbonyl (C=O) groups excluding carboxylic acids is 3. The van der Waals surface area contributed by atoms with Crippen LogP contribution in [0.4, 0.5) is 5.82 Å². The number of Topliss-reactive ketones (excluding diaryl/α,β-unsaturated/α-hetero) is 1. The van der Waals surface area contributed by atoms with Gasteiger partial charge < -0.3 is 19.9 Å². The number of nitrogens with two attached hydrogens (primary N) is 1. The predicted molar refractivity (Wildman–Crippen MR) is 145 cm³/mol. The number of hydrogen-bond donors (Lipinski definition) is 1. The van der Waals surface area contributed by atoms with Crippen LogP contribution in [0.2, 0.25) is 0 Å². The maximum Gasteiger partial charge on any atom is 0.338 e. The van der Waals surface area contributed by atoms with Gasteiger partial charge in [-0.2, -0.15) is 0 Å². The molecular formula is C29H25N3O8. The summed E-state index contributed by atoms with van der Waals surface area (Å²) in [6, 6.07) is 23.8. The van der Waals surface area contributed by atoms with Gasteiger partial charge in [-0.25, -0.2) is 14.2 Å². The molecule has 0 spiro atoms. The molecule has 0 aliphatic heterocycles. The van der Waals surface area contributed by atoms with Gasteiger partial charge in [-0.15, -0.1) is 0 Å². The van der Waals surface area contributed by atoms with Gasteiger partial charge in [0.25, 0.3) is 5.56 Å². The maximum atomic E-state index is 13.1. The maximum absolute atomic E-state index is 13.1. The number of esters is 2. The summed E-state index contributed by atoms with van der Waals surface area (Å²) in [5.74, 6) is -2.16. The van der Waals surface area contributed by atoms with Crippen LogP contribution in [-0.4, -0.2) is 40.6 Å². The summed E-state index contributed by atoms with van der Waals surface area (Å²) in [5.41, 5.74) is 4.30. The van der Waals surface area contributed by atoms with Gasteiger partial charge in [-0.05, 0) is 35.9 Å². The summed E-state index contributed by atoms with van der Waals surface area (Å²) in [4.78, 5) is 64.0. The van der Waals surface area contributed by atoms with Gasteiger partial charge in [0.2, 0.25) is 5.78 Å². The van der Waals surface area contributed by atoms with Crippen molar-refractivity contribution in [1.82, 2.24) is 9.13 Å². The Hall–Kier alpha value is -5.45. The Morgan fingerprint density at radius 3 is 2.15 bits per heavy atom. The average molecular weight is 544 g/mol. The molecule has 0 saturated carbocycles. The molecule has 0 radical (unpaired) electrons. The van der Waals surface area contributed by atoms with Crippen molar-refractivity contribution in [2.75, 3.05) is 19.5 Å². The van der Waals surface area contributed by atoms with E-state index in [2.05, 4.69) is 4.74 Å². The normalized spacial score (nSPS) is 10.5. The number of ketones is 1. The SMILES string of the molecule is COC(=O)Cn1c(=O)c(C(=O)COC(=O)c2cccc(Oc3ccccc3)c2)c(N)n(Cc2ccccc2)c1=O. The predicted octanol–water partition coefficient (Wildman–Crippen LogP) is 2.65. The Balaban J connectivity index is 1.59. The van der Waals surface area contributed by atoms with Crippen molar-refractivity contribution < 1.29 is 28.6 Å². The number of rotatable bonds is 10. The van der Waals surface area contributed by atoms with Crippen molar-refractivity contribution in [2.45, 2.75) is 13.1 Å². The fraction of sp³-hybridized carbons (Fsp3) is 0.138. The van der Waals surface area contributed by atoms with E-state index in [9.17, 15) is 24.0 Å². The molecule has 11 nitrogen and oxygen atoms in total. The molecule has 0 aliphatic carbocycles. The monoisotopic (exact) mass is 543 g/mol. The van der Waals surface area contributed by atoms with Crippen LogP contribution in [0.5, 0.6) is 11.5 Å². The van der Waals surface area contributed by atoms with Gasteiger partial charge in [-0.1, -0.05) is 54.6 Å². The van der Waals surface area contributed by atoms with Crippen molar-refractivity contribution in [3.63, 3.8) is 0 Å². The number of carbonyl (C=O) groups is 3. The molecule has 0 saturated heterocycles. The van der Waals surface area contributed by atoms with Gasteiger partial charge in [0.1, 0.15) is 29.4 Å². The highest BCUT2D eigenvalue weighted by molar-refractivity contribution is 6.02. The second kappa shape index (κ2) is 12.4. The number of benzene rings is 3. The third kappa shape index (κ3) is 6.33. The number of anilines is 1. The summed E-state index contributed by atoms with van der Waals surface area (Å²) in [6.45, 7) is -1.66. The lowest BCUT2D eigenvalue weighted by atomic mass is 10.1. The van der Waals surface area contributed by atoms with Crippen molar-refractivity contribution in [1.29, 1.82) is 0 Å². The van der Waals surface area contributed by atoms with Gasteiger partial charge in [0, 0.05) is 0 Å². The number of aromatic nitrogens is 2. The van der Waals surface area contributed by atoms with E-state index < -0.39 is 53.5 Å². The Labute approximate surface area is 228 Å². The van der Waals surface area contributed by atoms with Crippen molar-refractivity contribution >= 4 is 23.5 Å². The molecule has 0 aliphatic rings. The first-order valence-electron chi connectivity index (χ1n) is 12.1. The van der Waals surface area contributed by atoms with E-state index in [-0.39, 0.29) is 12.1 Å². The molecule has 40 heavy (non-hydrogen) atoms. The number of methoxy groups -OCH3 is 1. The highest BCUT2D eigenvalue weighted by Crippen LogP contribution is 2.22. The molecule has 4 aromatic rings. The standard InChI is InChI=1S/C29H25N3O8/c1-38-24(34)17-32-27(35)25(26(30)31(29(32)37)16-19-9-4-2-5-10-19)23(33)18-39-28(36)20-11-8-14-22(15-20)40-21-12-6-3-7-13-21/h2-15H,16-18,30H2,1H3. The molecule has 0 bridgehead atoms. The minimum atomic E-state index is -1.10.